The van der Waals surface area contributed by atoms with E-state index in [1.807, 2.05) is 0 Å². The average molecular weight is 303 g/mol. The van der Waals surface area contributed by atoms with E-state index in [0.29, 0.717) is 5.92 Å². The molecule has 1 heterocycles. The SMILES string of the molecule is C=C1CC(c2ccc(C)c3c2CCCC3)Cc2nc(C)ccc21. The molecule has 1 nitrogen and oxygen atoms in total. The molecule has 1 unspecified atom stereocenters. The molecule has 0 saturated heterocycles. The Bertz CT molecular complexity index is 785. The molecule has 1 atom stereocenters. The van der Waals surface area contributed by atoms with Gasteiger partial charge in [-0.15, -0.1) is 0 Å². The lowest BCUT2D eigenvalue weighted by atomic mass is 9.75. The minimum atomic E-state index is 0.553. The summed E-state index contributed by atoms with van der Waals surface area (Å²) < 4.78 is 0. The Morgan fingerprint density at radius 1 is 0.957 bits per heavy atom. The Labute approximate surface area is 139 Å². The maximum atomic E-state index is 4.81. The highest BCUT2D eigenvalue weighted by Gasteiger charge is 2.27. The second kappa shape index (κ2) is 5.63. The Morgan fingerprint density at radius 2 is 1.74 bits per heavy atom. The summed E-state index contributed by atoms with van der Waals surface area (Å²) in [4.78, 5) is 4.81. The van der Waals surface area contributed by atoms with Crippen LogP contribution in [0, 0.1) is 13.8 Å². The molecule has 0 aliphatic heterocycles. The van der Waals surface area contributed by atoms with Gasteiger partial charge in [0.05, 0.1) is 0 Å². The predicted octanol–water partition coefficient (Wildman–Crippen LogP) is 5.32. The first-order chi connectivity index (χ1) is 11.1. The van der Waals surface area contributed by atoms with Gasteiger partial charge >= 0.3 is 0 Å². The van der Waals surface area contributed by atoms with Crippen LogP contribution in [-0.4, -0.2) is 4.98 Å². The number of nitrogens with zero attached hydrogens (tertiary/aromatic N) is 1. The molecule has 1 heteroatoms. The van der Waals surface area contributed by atoms with Crippen LogP contribution in [0.25, 0.3) is 5.57 Å². The van der Waals surface area contributed by atoms with Gasteiger partial charge in [0, 0.05) is 11.4 Å². The van der Waals surface area contributed by atoms with E-state index in [-0.39, 0.29) is 0 Å². The fraction of sp³-hybridized carbons (Fsp3) is 0.409. The molecule has 1 aromatic heterocycles. The molecule has 0 saturated carbocycles. The molecule has 23 heavy (non-hydrogen) atoms. The molecule has 4 rings (SSSR count). The Kier molecular flexibility index (Phi) is 3.60. The van der Waals surface area contributed by atoms with Gasteiger partial charge in [-0.1, -0.05) is 24.8 Å². The first kappa shape index (κ1) is 14.7. The lowest BCUT2D eigenvalue weighted by molar-refractivity contribution is 0.627. The molecule has 0 bridgehead atoms. The zero-order valence-electron chi connectivity index (χ0n) is 14.3. The highest BCUT2D eigenvalue weighted by Crippen LogP contribution is 2.41. The number of rotatable bonds is 1. The van der Waals surface area contributed by atoms with Crippen molar-refractivity contribution in [3.63, 3.8) is 0 Å². The summed E-state index contributed by atoms with van der Waals surface area (Å²) in [5, 5.41) is 0. The second-order valence-corrected chi connectivity index (χ2v) is 7.29. The molecule has 0 N–H and O–H groups in total. The largest absolute Gasteiger partial charge is 0.258 e. The van der Waals surface area contributed by atoms with Crippen LogP contribution < -0.4 is 0 Å². The van der Waals surface area contributed by atoms with Gasteiger partial charge in [0.2, 0.25) is 0 Å². The monoisotopic (exact) mass is 303 g/mol. The summed E-state index contributed by atoms with van der Waals surface area (Å²) in [5.74, 6) is 0.553. The average Bonchev–Trinajstić information content (AvgIpc) is 2.55. The molecule has 0 spiro atoms. The number of allylic oxidation sites excluding steroid dienone is 1. The van der Waals surface area contributed by atoms with E-state index in [9.17, 15) is 0 Å². The van der Waals surface area contributed by atoms with Gasteiger partial charge in [0.15, 0.2) is 0 Å². The van der Waals surface area contributed by atoms with Gasteiger partial charge in [-0.25, -0.2) is 0 Å². The highest BCUT2D eigenvalue weighted by molar-refractivity contribution is 5.68. The van der Waals surface area contributed by atoms with Crippen molar-refractivity contribution < 1.29 is 0 Å². The van der Waals surface area contributed by atoms with Gasteiger partial charge < -0.3 is 0 Å². The minimum Gasteiger partial charge on any atom is -0.258 e. The third-order valence-electron chi connectivity index (χ3n) is 5.67. The third-order valence-corrected chi connectivity index (χ3v) is 5.67. The standard InChI is InChI=1S/C22H25N/c1-14-8-10-20(21-7-5-4-6-18(14)21)17-12-15(2)19-11-9-16(3)23-22(19)13-17/h8-11,17H,2,4-7,12-13H2,1,3H3. The Morgan fingerprint density at radius 3 is 2.57 bits per heavy atom. The number of benzene rings is 1. The first-order valence-corrected chi connectivity index (χ1v) is 8.89. The van der Waals surface area contributed by atoms with Crippen molar-refractivity contribution >= 4 is 5.57 Å². The van der Waals surface area contributed by atoms with E-state index < -0.39 is 0 Å². The molecule has 0 amide bonds. The van der Waals surface area contributed by atoms with Crippen molar-refractivity contribution in [2.24, 2.45) is 0 Å². The number of aromatic nitrogens is 1. The second-order valence-electron chi connectivity index (χ2n) is 7.29. The van der Waals surface area contributed by atoms with Crippen LogP contribution in [-0.2, 0) is 19.3 Å². The van der Waals surface area contributed by atoms with Crippen LogP contribution in [0.15, 0.2) is 30.8 Å². The Hall–Kier alpha value is -1.89. The van der Waals surface area contributed by atoms with Gasteiger partial charge in [-0.3, -0.25) is 4.98 Å². The molecule has 118 valence electrons. The number of fused-ring (bicyclic) bond motifs is 2. The molecule has 2 aliphatic carbocycles. The number of hydrogen-bond donors (Lipinski definition) is 0. The predicted molar refractivity (Wildman–Crippen MR) is 96.9 cm³/mol. The van der Waals surface area contributed by atoms with Gasteiger partial charge in [0.25, 0.3) is 0 Å². The van der Waals surface area contributed by atoms with E-state index in [4.69, 9.17) is 4.98 Å². The number of hydrogen-bond acceptors (Lipinski definition) is 1. The fourth-order valence-electron chi connectivity index (χ4n) is 4.48. The third kappa shape index (κ3) is 2.52. The topological polar surface area (TPSA) is 12.9 Å². The zero-order valence-corrected chi connectivity index (χ0v) is 14.3. The quantitative estimate of drug-likeness (QED) is 0.694. The van der Waals surface area contributed by atoms with Gasteiger partial charge in [-0.2, -0.15) is 0 Å². The van der Waals surface area contributed by atoms with Crippen molar-refractivity contribution in [1.82, 2.24) is 4.98 Å². The first-order valence-electron chi connectivity index (χ1n) is 8.89. The fourth-order valence-corrected chi connectivity index (χ4v) is 4.48. The molecule has 0 radical (unpaired) electrons. The maximum absolute atomic E-state index is 4.81. The van der Waals surface area contributed by atoms with Gasteiger partial charge in [-0.05, 0) is 97.7 Å². The maximum Gasteiger partial charge on any atom is 0.0487 e. The highest BCUT2D eigenvalue weighted by atomic mass is 14.7. The molecule has 1 aromatic carbocycles. The smallest absolute Gasteiger partial charge is 0.0487 e. The lowest BCUT2D eigenvalue weighted by Gasteiger charge is -2.30. The molecule has 2 aromatic rings. The Balaban J connectivity index is 1.77. The number of pyridine rings is 1. The van der Waals surface area contributed by atoms with E-state index in [1.165, 1.54) is 48.1 Å². The van der Waals surface area contributed by atoms with Crippen molar-refractivity contribution in [2.45, 2.75) is 58.3 Å². The molecular weight excluding hydrogens is 278 g/mol. The van der Waals surface area contributed by atoms with Crippen LogP contribution in [0.1, 0.15) is 64.4 Å². The van der Waals surface area contributed by atoms with Crippen LogP contribution in [0.5, 0.6) is 0 Å². The summed E-state index contributed by atoms with van der Waals surface area (Å²) in [6.07, 6.45) is 7.34. The van der Waals surface area contributed by atoms with E-state index in [1.54, 1.807) is 16.7 Å². The summed E-state index contributed by atoms with van der Waals surface area (Å²) >= 11 is 0. The minimum absolute atomic E-state index is 0.553. The van der Waals surface area contributed by atoms with Gasteiger partial charge in [0.1, 0.15) is 0 Å². The van der Waals surface area contributed by atoms with Crippen LogP contribution in [0.4, 0.5) is 0 Å². The van der Waals surface area contributed by atoms with Crippen molar-refractivity contribution in [2.75, 3.05) is 0 Å². The molecule has 0 fully saturated rings. The summed E-state index contributed by atoms with van der Waals surface area (Å²) in [6, 6.07) is 9.04. The lowest BCUT2D eigenvalue weighted by Crippen LogP contribution is -2.17. The van der Waals surface area contributed by atoms with Crippen LogP contribution >= 0.6 is 0 Å². The molecule has 2 aliphatic rings. The van der Waals surface area contributed by atoms with Crippen LogP contribution in [0.2, 0.25) is 0 Å². The zero-order chi connectivity index (χ0) is 16.0. The molecular formula is C22H25N. The van der Waals surface area contributed by atoms with Crippen molar-refractivity contribution in [3.8, 4) is 0 Å². The normalized spacial score (nSPS) is 20.1. The summed E-state index contributed by atoms with van der Waals surface area (Å²) in [6.45, 7) is 8.71. The van der Waals surface area contributed by atoms with E-state index in [0.717, 1.165) is 18.5 Å². The van der Waals surface area contributed by atoms with Crippen LogP contribution in [0.3, 0.4) is 0 Å². The number of aryl methyl sites for hydroxylation is 2. The van der Waals surface area contributed by atoms with Crippen molar-refractivity contribution in [1.29, 1.82) is 0 Å². The van der Waals surface area contributed by atoms with E-state index >= 15 is 0 Å². The summed E-state index contributed by atoms with van der Waals surface area (Å²) in [7, 11) is 0. The van der Waals surface area contributed by atoms with Crippen molar-refractivity contribution in [3.05, 3.63) is 70.0 Å². The van der Waals surface area contributed by atoms with E-state index in [2.05, 4.69) is 44.7 Å². The summed E-state index contributed by atoms with van der Waals surface area (Å²) in [5.41, 5.74) is 11.2.